The summed E-state index contributed by atoms with van der Waals surface area (Å²) in [5.74, 6) is -1.87. The molecule has 1 aromatic heterocycles. The lowest BCUT2D eigenvalue weighted by Gasteiger charge is -2.20. The fourth-order valence-corrected chi connectivity index (χ4v) is 2.01. The van der Waals surface area contributed by atoms with E-state index in [0.29, 0.717) is 0 Å². The van der Waals surface area contributed by atoms with E-state index >= 15 is 0 Å². The Labute approximate surface area is 102 Å². The molecule has 0 aliphatic carbocycles. The van der Waals surface area contributed by atoms with Gasteiger partial charge in [-0.25, -0.2) is 4.79 Å². The number of carbonyl (C=O) groups is 2. The van der Waals surface area contributed by atoms with Crippen molar-refractivity contribution in [2.24, 2.45) is 0 Å². The summed E-state index contributed by atoms with van der Waals surface area (Å²) in [6.07, 6.45) is 1.71. The molecule has 1 saturated heterocycles. The van der Waals surface area contributed by atoms with Crippen LogP contribution in [0.2, 0.25) is 0 Å². The van der Waals surface area contributed by atoms with Gasteiger partial charge in [0.1, 0.15) is 11.6 Å². The van der Waals surface area contributed by atoms with Gasteiger partial charge in [0.2, 0.25) is 0 Å². The van der Waals surface area contributed by atoms with Gasteiger partial charge in [-0.3, -0.25) is 9.59 Å². The standard InChI is InChI=1S/C11H12N2O5/c14-6-3-8(11(17)18)13(5-6)10(16)7-4-12-2-1-9(7)15/h1-2,4,6,8,14H,3,5H2,(H,12,15)(H,17,18)/t6-,8+/m1/s1. The number of rotatable bonds is 2. The molecule has 0 unspecified atom stereocenters. The highest BCUT2D eigenvalue weighted by atomic mass is 16.4. The molecular weight excluding hydrogens is 240 g/mol. The second-order valence-corrected chi connectivity index (χ2v) is 4.12. The molecule has 7 nitrogen and oxygen atoms in total. The zero-order valence-corrected chi connectivity index (χ0v) is 9.37. The zero-order chi connectivity index (χ0) is 13.3. The summed E-state index contributed by atoms with van der Waals surface area (Å²) < 4.78 is 0. The number of β-amino-alcohol motifs (C(OH)–C–C–N with tert-alkyl or cyclic N) is 1. The Hall–Kier alpha value is -2.15. The molecule has 0 bridgehead atoms. The molecule has 2 heterocycles. The van der Waals surface area contributed by atoms with E-state index in [0.717, 1.165) is 4.90 Å². The predicted molar refractivity (Wildman–Crippen MR) is 60.1 cm³/mol. The number of aliphatic hydroxyl groups excluding tert-OH is 1. The van der Waals surface area contributed by atoms with Crippen molar-refractivity contribution in [3.8, 4) is 0 Å². The van der Waals surface area contributed by atoms with E-state index in [-0.39, 0.29) is 18.5 Å². The molecule has 2 atom stereocenters. The molecule has 0 radical (unpaired) electrons. The van der Waals surface area contributed by atoms with Crippen molar-refractivity contribution in [2.45, 2.75) is 18.6 Å². The minimum Gasteiger partial charge on any atom is -0.480 e. The number of aliphatic carboxylic acids is 1. The number of aromatic nitrogens is 1. The molecule has 1 aliphatic heterocycles. The van der Waals surface area contributed by atoms with E-state index in [1.54, 1.807) is 0 Å². The lowest BCUT2D eigenvalue weighted by Crippen LogP contribution is -2.42. The third-order valence-corrected chi connectivity index (χ3v) is 2.88. The van der Waals surface area contributed by atoms with E-state index in [4.69, 9.17) is 5.11 Å². The van der Waals surface area contributed by atoms with Gasteiger partial charge < -0.3 is 20.1 Å². The number of pyridine rings is 1. The molecule has 0 saturated carbocycles. The van der Waals surface area contributed by atoms with Crippen LogP contribution < -0.4 is 5.43 Å². The summed E-state index contributed by atoms with van der Waals surface area (Å²) >= 11 is 0. The number of nitrogens with one attached hydrogen (secondary N) is 1. The van der Waals surface area contributed by atoms with Crippen molar-refractivity contribution in [2.75, 3.05) is 6.54 Å². The lowest BCUT2D eigenvalue weighted by atomic mass is 10.2. The Balaban J connectivity index is 2.31. The van der Waals surface area contributed by atoms with Crippen LogP contribution >= 0.6 is 0 Å². The Bertz CT molecular complexity index is 538. The van der Waals surface area contributed by atoms with E-state index in [9.17, 15) is 19.5 Å². The fraction of sp³-hybridized carbons (Fsp3) is 0.364. The molecule has 0 aromatic carbocycles. The molecule has 96 valence electrons. The zero-order valence-electron chi connectivity index (χ0n) is 9.37. The van der Waals surface area contributed by atoms with Crippen molar-refractivity contribution >= 4 is 11.9 Å². The second-order valence-electron chi connectivity index (χ2n) is 4.12. The van der Waals surface area contributed by atoms with Gasteiger partial charge in [-0.2, -0.15) is 0 Å². The number of nitrogens with zero attached hydrogens (tertiary/aromatic N) is 1. The number of aliphatic hydroxyl groups is 1. The van der Waals surface area contributed by atoms with E-state index in [1.807, 2.05) is 0 Å². The smallest absolute Gasteiger partial charge is 0.326 e. The highest BCUT2D eigenvalue weighted by Crippen LogP contribution is 2.19. The largest absolute Gasteiger partial charge is 0.480 e. The lowest BCUT2D eigenvalue weighted by molar-refractivity contribution is -0.141. The first-order valence-electron chi connectivity index (χ1n) is 5.39. The van der Waals surface area contributed by atoms with E-state index in [2.05, 4.69) is 4.98 Å². The third kappa shape index (κ3) is 2.12. The Morgan fingerprint density at radius 2 is 2.17 bits per heavy atom. The minimum absolute atomic E-state index is 0.0220. The fourth-order valence-electron chi connectivity index (χ4n) is 2.01. The number of hydrogen-bond donors (Lipinski definition) is 3. The molecule has 18 heavy (non-hydrogen) atoms. The van der Waals surface area contributed by atoms with Gasteiger partial charge in [0.15, 0.2) is 5.43 Å². The van der Waals surface area contributed by atoms with Gasteiger partial charge in [-0.15, -0.1) is 0 Å². The summed E-state index contributed by atoms with van der Waals surface area (Å²) in [4.78, 5) is 38.2. The summed E-state index contributed by atoms with van der Waals surface area (Å²) in [6, 6.07) is 0.0993. The molecule has 3 N–H and O–H groups in total. The molecule has 0 spiro atoms. The molecule has 1 fully saturated rings. The van der Waals surface area contributed by atoms with Crippen LogP contribution in [0.15, 0.2) is 23.3 Å². The van der Waals surface area contributed by atoms with Gasteiger partial charge in [0, 0.05) is 31.4 Å². The summed E-state index contributed by atoms with van der Waals surface area (Å²) in [6.45, 7) is -0.0792. The number of amides is 1. The highest BCUT2D eigenvalue weighted by Gasteiger charge is 2.39. The number of carboxylic acids is 1. The van der Waals surface area contributed by atoms with Crippen molar-refractivity contribution < 1.29 is 19.8 Å². The van der Waals surface area contributed by atoms with Crippen LogP contribution in [0.5, 0.6) is 0 Å². The molecule has 2 rings (SSSR count). The van der Waals surface area contributed by atoms with Gasteiger partial charge >= 0.3 is 5.97 Å². The third-order valence-electron chi connectivity index (χ3n) is 2.88. The minimum atomic E-state index is -1.19. The number of H-pyrrole nitrogens is 1. The van der Waals surface area contributed by atoms with E-state index in [1.165, 1.54) is 18.5 Å². The molecule has 1 aromatic rings. The van der Waals surface area contributed by atoms with Gasteiger partial charge in [-0.05, 0) is 0 Å². The van der Waals surface area contributed by atoms with Crippen LogP contribution in [0, 0.1) is 0 Å². The van der Waals surface area contributed by atoms with Gasteiger partial charge in [0.25, 0.3) is 5.91 Å². The first-order chi connectivity index (χ1) is 8.50. The van der Waals surface area contributed by atoms with E-state index < -0.39 is 29.5 Å². The van der Waals surface area contributed by atoms with Crippen LogP contribution in [0.1, 0.15) is 16.8 Å². The van der Waals surface area contributed by atoms with Crippen molar-refractivity contribution in [3.05, 3.63) is 34.2 Å². The summed E-state index contributed by atoms with van der Waals surface area (Å²) in [7, 11) is 0. The topological polar surface area (TPSA) is 111 Å². The Morgan fingerprint density at radius 1 is 1.44 bits per heavy atom. The maximum Gasteiger partial charge on any atom is 0.326 e. The van der Waals surface area contributed by atoms with Crippen LogP contribution in [-0.2, 0) is 4.79 Å². The van der Waals surface area contributed by atoms with Gasteiger partial charge in [-0.1, -0.05) is 0 Å². The summed E-state index contributed by atoms with van der Waals surface area (Å²) in [5, 5.41) is 18.4. The second kappa shape index (κ2) is 4.61. The Kier molecular flexibility index (Phi) is 3.15. The highest BCUT2D eigenvalue weighted by molar-refractivity contribution is 5.96. The quantitative estimate of drug-likeness (QED) is 0.627. The average Bonchev–Trinajstić information content (AvgIpc) is 2.71. The van der Waals surface area contributed by atoms with Crippen molar-refractivity contribution in [1.82, 2.24) is 9.88 Å². The number of likely N-dealkylation sites (tertiary alicyclic amines) is 1. The maximum atomic E-state index is 12.1. The number of hydrogen-bond acceptors (Lipinski definition) is 4. The van der Waals surface area contributed by atoms with Crippen LogP contribution in [0.25, 0.3) is 0 Å². The summed E-state index contributed by atoms with van der Waals surface area (Å²) in [5.41, 5.74) is -0.609. The first kappa shape index (κ1) is 12.3. The van der Waals surface area contributed by atoms with Crippen LogP contribution in [-0.4, -0.2) is 50.7 Å². The predicted octanol–water partition coefficient (Wildman–Crippen LogP) is -0.965. The van der Waals surface area contributed by atoms with Gasteiger partial charge in [0.05, 0.1) is 6.10 Å². The average molecular weight is 252 g/mol. The normalized spacial score (nSPS) is 23.1. The number of carbonyl (C=O) groups excluding carboxylic acids is 1. The monoisotopic (exact) mass is 252 g/mol. The molecule has 1 amide bonds. The molecular formula is C11H12N2O5. The molecule has 7 heteroatoms. The molecule has 1 aliphatic rings. The Morgan fingerprint density at radius 3 is 2.78 bits per heavy atom. The van der Waals surface area contributed by atoms with Crippen LogP contribution in [0.3, 0.4) is 0 Å². The van der Waals surface area contributed by atoms with Crippen molar-refractivity contribution in [3.63, 3.8) is 0 Å². The SMILES string of the molecule is O=C(O)[C@@H]1C[C@@H](O)CN1C(=O)c1c[nH]ccc1=O. The number of aromatic amines is 1. The van der Waals surface area contributed by atoms with Crippen molar-refractivity contribution in [1.29, 1.82) is 0 Å². The number of carboxylic acid groups (broad SMARTS) is 1. The first-order valence-corrected chi connectivity index (χ1v) is 5.39. The maximum absolute atomic E-state index is 12.1. The van der Waals surface area contributed by atoms with Crippen LogP contribution in [0.4, 0.5) is 0 Å².